The normalized spacial score (nSPS) is 21.3. The molecular formula is C47H71BF4O5. The molecule has 0 amide bonds. The third kappa shape index (κ3) is 15.5. The van der Waals surface area contributed by atoms with E-state index < -0.39 is 36.1 Å². The van der Waals surface area contributed by atoms with E-state index >= 15 is 0 Å². The molecule has 3 aliphatic rings. The zero-order valence-corrected chi connectivity index (χ0v) is 34.3. The predicted molar refractivity (Wildman–Crippen MR) is 227 cm³/mol. The summed E-state index contributed by atoms with van der Waals surface area (Å²) >= 11 is 0. The molecule has 0 bridgehead atoms. The number of ether oxygens (including phenoxy) is 1. The van der Waals surface area contributed by atoms with Crippen molar-refractivity contribution in [3.63, 3.8) is 0 Å². The SMILES string of the molecule is C.CCC/C=C/B(O)O.CCCCCC1CCC(c2cc(C=O)c(O)c(F)c2F)CC1.CCCCCC1CCC(c2cc3c(c(F)c2F)OC(CCC)C=C3)CC1. The predicted octanol–water partition coefficient (Wildman–Crippen LogP) is 13.7. The number of phenols is 1. The van der Waals surface area contributed by atoms with Crippen LogP contribution in [0.5, 0.6) is 11.5 Å². The van der Waals surface area contributed by atoms with Gasteiger partial charge in [0.1, 0.15) is 6.10 Å². The number of carbonyl (C=O) groups excluding carboxylic acids is 1. The maximum absolute atomic E-state index is 14.8. The Morgan fingerprint density at radius 1 is 0.702 bits per heavy atom. The maximum atomic E-state index is 14.8. The van der Waals surface area contributed by atoms with E-state index in [4.69, 9.17) is 14.8 Å². The highest BCUT2D eigenvalue weighted by molar-refractivity contribution is 6.47. The highest BCUT2D eigenvalue weighted by atomic mass is 19.2. The Morgan fingerprint density at radius 3 is 1.70 bits per heavy atom. The van der Waals surface area contributed by atoms with E-state index in [1.807, 2.05) is 25.1 Å². The molecule has 0 spiro atoms. The van der Waals surface area contributed by atoms with Gasteiger partial charge < -0.3 is 19.9 Å². The summed E-state index contributed by atoms with van der Waals surface area (Å²) < 4.78 is 62.9. The minimum absolute atomic E-state index is 0. The zero-order chi connectivity index (χ0) is 41.0. The minimum Gasteiger partial charge on any atom is -0.504 e. The summed E-state index contributed by atoms with van der Waals surface area (Å²) in [6, 6.07) is 3.14. The van der Waals surface area contributed by atoms with Crippen molar-refractivity contribution in [3.8, 4) is 11.5 Å². The number of phenolic OH excluding ortho intramolecular Hbond substituents is 1. The fourth-order valence-corrected chi connectivity index (χ4v) is 8.35. The van der Waals surface area contributed by atoms with Gasteiger partial charge in [-0.05, 0) is 117 Å². The van der Waals surface area contributed by atoms with Crippen molar-refractivity contribution in [3.05, 3.63) is 75.8 Å². The monoisotopic (exact) mass is 803 g/mol. The summed E-state index contributed by atoms with van der Waals surface area (Å²) in [6.45, 7) is 8.51. The molecule has 2 aliphatic carbocycles. The number of benzene rings is 2. The minimum atomic E-state index is -1.30. The maximum Gasteiger partial charge on any atom is 0.480 e. The lowest BCUT2D eigenvalue weighted by Crippen LogP contribution is -2.20. The summed E-state index contributed by atoms with van der Waals surface area (Å²) in [5.74, 6) is -1.69. The molecule has 0 aromatic heterocycles. The number of aldehydes is 1. The molecule has 3 N–H and O–H groups in total. The molecule has 320 valence electrons. The lowest BCUT2D eigenvalue weighted by Gasteiger charge is -2.30. The van der Waals surface area contributed by atoms with Gasteiger partial charge in [0.25, 0.3) is 0 Å². The number of hydrogen-bond donors (Lipinski definition) is 3. The number of carbonyl (C=O) groups is 1. The van der Waals surface area contributed by atoms with Gasteiger partial charge in [-0.15, -0.1) is 0 Å². The molecule has 57 heavy (non-hydrogen) atoms. The van der Waals surface area contributed by atoms with Crippen LogP contribution >= 0.6 is 0 Å². The molecule has 2 fully saturated rings. The van der Waals surface area contributed by atoms with Crippen molar-refractivity contribution in [1.82, 2.24) is 0 Å². The van der Waals surface area contributed by atoms with Crippen molar-refractivity contribution in [2.75, 3.05) is 0 Å². The number of hydrogen-bond acceptors (Lipinski definition) is 5. The lowest BCUT2D eigenvalue weighted by atomic mass is 9.76. The van der Waals surface area contributed by atoms with Gasteiger partial charge >= 0.3 is 7.12 Å². The smallest absolute Gasteiger partial charge is 0.480 e. The molecule has 2 saturated carbocycles. The van der Waals surface area contributed by atoms with Crippen LogP contribution in [-0.4, -0.2) is 34.7 Å². The second-order valence-corrected chi connectivity index (χ2v) is 16.0. The number of aromatic hydroxyl groups is 1. The van der Waals surface area contributed by atoms with Gasteiger partial charge in [-0.25, -0.2) is 8.78 Å². The number of rotatable bonds is 16. The first-order valence-corrected chi connectivity index (χ1v) is 21.5. The fraction of sp³-hybridized carbons (Fsp3) is 0.638. The molecule has 5 nitrogen and oxygen atoms in total. The first-order chi connectivity index (χ1) is 27.0. The van der Waals surface area contributed by atoms with Gasteiger partial charge in [0.15, 0.2) is 29.4 Å². The molecule has 10 heteroatoms. The van der Waals surface area contributed by atoms with Crippen molar-refractivity contribution in [2.24, 2.45) is 11.8 Å². The average molecular weight is 803 g/mol. The summed E-state index contributed by atoms with van der Waals surface area (Å²) in [5.41, 5.74) is 1.31. The topological polar surface area (TPSA) is 87.0 Å². The van der Waals surface area contributed by atoms with Gasteiger partial charge in [-0.3, -0.25) is 4.79 Å². The first kappa shape index (κ1) is 50.0. The third-order valence-corrected chi connectivity index (χ3v) is 11.7. The van der Waals surface area contributed by atoms with E-state index in [1.54, 1.807) is 6.08 Å². The van der Waals surface area contributed by atoms with E-state index in [-0.39, 0.29) is 42.2 Å². The number of unbranched alkanes of at least 4 members (excludes halogenated alkanes) is 5. The van der Waals surface area contributed by atoms with Crippen LogP contribution < -0.4 is 4.74 Å². The van der Waals surface area contributed by atoms with E-state index in [9.17, 15) is 27.5 Å². The van der Waals surface area contributed by atoms with Crippen molar-refractivity contribution in [1.29, 1.82) is 0 Å². The Kier molecular flexibility index (Phi) is 23.5. The number of allylic oxidation sites excluding steroid dienone is 1. The number of fused-ring (bicyclic) bond motifs is 1. The van der Waals surface area contributed by atoms with E-state index in [2.05, 4.69) is 20.8 Å². The first-order valence-electron chi connectivity index (χ1n) is 21.5. The fourth-order valence-electron chi connectivity index (χ4n) is 8.35. The van der Waals surface area contributed by atoms with E-state index in [0.717, 1.165) is 83.0 Å². The van der Waals surface area contributed by atoms with Crippen LogP contribution in [0.4, 0.5) is 17.6 Å². The molecule has 1 aliphatic heterocycles. The second kappa shape index (κ2) is 26.8. The van der Waals surface area contributed by atoms with Crippen LogP contribution in [0.15, 0.2) is 30.3 Å². The van der Waals surface area contributed by atoms with Crippen LogP contribution in [0.25, 0.3) is 6.08 Å². The molecule has 2 aromatic carbocycles. The summed E-state index contributed by atoms with van der Waals surface area (Å²) in [4.78, 5) is 10.9. The Morgan fingerprint density at radius 2 is 1.23 bits per heavy atom. The summed E-state index contributed by atoms with van der Waals surface area (Å²) in [7, 11) is -1.28. The van der Waals surface area contributed by atoms with Crippen LogP contribution in [0, 0.1) is 35.1 Å². The van der Waals surface area contributed by atoms with Crippen LogP contribution in [0.1, 0.15) is 202 Å². The molecule has 5 rings (SSSR count). The van der Waals surface area contributed by atoms with Crippen molar-refractivity contribution < 1.29 is 42.2 Å². The van der Waals surface area contributed by atoms with Crippen LogP contribution in [-0.2, 0) is 0 Å². The van der Waals surface area contributed by atoms with Crippen molar-refractivity contribution >= 4 is 19.5 Å². The van der Waals surface area contributed by atoms with Gasteiger partial charge in [0.2, 0.25) is 11.6 Å². The highest BCUT2D eigenvalue weighted by Crippen LogP contribution is 2.43. The molecule has 1 atom stereocenters. The molecule has 1 unspecified atom stereocenters. The Bertz CT molecular complexity index is 1530. The van der Waals surface area contributed by atoms with E-state index in [0.29, 0.717) is 23.3 Å². The number of halogens is 4. The Hall–Kier alpha value is -3.11. The van der Waals surface area contributed by atoms with Gasteiger partial charge in [0.05, 0.1) is 5.56 Å². The highest BCUT2D eigenvalue weighted by Gasteiger charge is 2.30. The van der Waals surface area contributed by atoms with Gasteiger partial charge in [-0.2, -0.15) is 8.78 Å². The Balaban J connectivity index is 0.000000329. The summed E-state index contributed by atoms with van der Waals surface area (Å²) in [5, 5.41) is 25.9. The van der Waals surface area contributed by atoms with Crippen molar-refractivity contribution in [2.45, 2.75) is 181 Å². The molecule has 2 aromatic rings. The molecular weight excluding hydrogens is 731 g/mol. The zero-order valence-electron chi connectivity index (χ0n) is 34.3. The van der Waals surface area contributed by atoms with E-state index in [1.165, 1.54) is 63.4 Å². The summed E-state index contributed by atoms with van der Waals surface area (Å²) in [6.07, 6.45) is 27.5. The molecule has 1 heterocycles. The quantitative estimate of drug-likeness (QED) is 0.0681. The third-order valence-electron chi connectivity index (χ3n) is 11.7. The largest absolute Gasteiger partial charge is 0.504 e. The molecule has 0 radical (unpaired) electrons. The average Bonchev–Trinajstić information content (AvgIpc) is 3.20. The lowest BCUT2D eigenvalue weighted by molar-refractivity contribution is 0.111. The molecule has 0 saturated heterocycles. The second-order valence-electron chi connectivity index (χ2n) is 16.0. The van der Waals surface area contributed by atoms with Gasteiger partial charge in [0, 0.05) is 5.56 Å². The van der Waals surface area contributed by atoms with Crippen LogP contribution in [0.2, 0.25) is 0 Å². The van der Waals surface area contributed by atoms with Crippen LogP contribution in [0.3, 0.4) is 0 Å². The van der Waals surface area contributed by atoms with Gasteiger partial charge in [-0.1, -0.05) is 117 Å². The Labute approximate surface area is 341 Å². The standard InChI is InChI=1S/C23H32F2O.C18H24F2O2.C5H11BO2.CH4/c1-3-5-6-8-16-9-11-17(12-10-16)20-15-18-13-14-19(7-4-2)26-23(18)22(25)21(20)24;1-2-3-4-5-12-6-8-13(9-7-12)15-10-14(11-21)18(22)17(20)16(15)19;1-2-3-4-5-6(7)8;/h13-17,19H,3-12H2,1-2H3;10-13,22H,2-9H2,1H3;4-5,7-8H,2-3H2,1H3;1H4/b;;5-4+;.